The molecule has 16 heavy (non-hydrogen) atoms. The largest absolute Gasteiger partial charge is 0.461 e. The highest BCUT2D eigenvalue weighted by molar-refractivity contribution is 8.13. The Balaban J connectivity index is 2.29. The van der Waals surface area contributed by atoms with E-state index in [0.717, 1.165) is 19.3 Å². The molecule has 0 aromatic heterocycles. The first-order valence-corrected chi connectivity index (χ1v) is 6.65. The van der Waals surface area contributed by atoms with Gasteiger partial charge >= 0.3 is 5.97 Å². The smallest absolute Gasteiger partial charge is 0.309 e. The van der Waals surface area contributed by atoms with Gasteiger partial charge in [-0.1, -0.05) is 32.0 Å². The summed E-state index contributed by atoms with van der Waals surface area (Å²) in [4.78, 5) is 11.5. The van der Waals surface area contributed by atoms with Gasteiger partial charge in [-0.15, -0.1) is 0 Å². The van der Waals surface area contributed by atoms with E-state index in [9.17, 15) is 4.79 Å². The van der Waals surface area contributed by atoms with Crippen LogP contribution in [-0.2, 0) is 9.53 Å². The molecule has 0 radical (unpaired) electrons. The van der Waals surface area contributed by atoms with E-state index >= 15 is 0 Å². The molecule has 0 amide bonds. The van der Waals surface area contributed by atoms with Crippen molar-refractivity contribution in [3.8, 4) is 0 Å². The summed E-state index contributed by atoms with van der Waals surface area (Å²) in [5.41, 5.74) is 5.24. The number of hydrogen-bond acceptors (Lipinski definition) is 4. The van der Waals surface area contributed by atoms with Gasteiger partial charge in [0, 0.05) is 5.75 Å². The van der Waals surface area contributed by atoms with Gasteiger partial charge in [-0.3, -0.25) is 10.2 Å². The van der Waals surface area contributed by atoms with E-state index in [2.05, 4.69) is 13.8 Å². The lowest BCUT2D eigenvalue weighted by molar-refractivity contribution is -0.143. The average Bonchev–Trinajstić information content (AvgIpc) is 2.53. The summed E-state index contributed by atoms with van der Waals surface area (Å²) in [5.74, 6) is 1.22. The Kier molecular flexibility index (Phi) is 5.12. The summed E-state index contributed by atoms with van der Waals surface area (Å²) in [7, 11) is 0. The minimum atomic E-state index is -0.0743. The van der Waals surface area contributed by atoms with Crippen LogP contribution in [0.1, 0.15) is 33.1 Å². The summed E-state index contributed by atoms with van der Waals surface area (Å²) >= 11 is 1.24. The minimum absolute atomic E-state index is 0.0555. The number of thioether (sulfide) groups is 1. The fourth-order valence-corrected chi connectivity index (χ4v) is 2.35. The van der Waals surface area contributed by atoms with E-state index in [1.54, 1.807) is 0 Å². The molecule has 0 saturated carbocycles. The number of carbonyl (C=O) groups excluding carboxylic acids is 1. The molecule has 1 fully saturated rings. The molecule has 0 aromatic carbocycles. The Hall–Kier alpha value is -0.710. The van der Waals surface area contributed by atoms with Crippen molar-refractivity contribution in [2.45, 2.75) is 39.2 Å². The third kappa shape index (κ3) is 4.43. The molecule has 0 bridgehead atoms. The minimum Gasteiger partial charge on any atom is -0.461 e. The Bertz CT molecular complexity index is 269. The first-order chi connectivity index (χ1) is 7.49. The predicted molar refractivity (Wildman–Crippen MR) is 66.4 cm³/mol. The predicted octanol–water partition coefficient (Wildman–Crippen LogP) is 1.98. The van der Waals surface area contributed by atoms with Crippen LogP contribution in [0.4, 0.5) is 0 Å². The highest BCUT2D eigenvalue weighted by Crippen LogP contribution is 2.28. The van der Waals surface area contributed by atoms with Crippen LogP contribution in [0.25, 0.3) is 0 Å². The number of nitrogens with one attached hydrogen (secondary N) is 1. The van der Waals surface area contributed by atoms with E-state index < -0.39 is 0 Å². The molecular weight excluding hydrogens is 224 g/mol. The van der Waals surface area contributed by atoms with Crippen LogP contribution in [0, 0.1) is 17.2 Å². The van der Waals surface area contributed by atoms with Crippen LogP contribution in [0.15, 0.2) is 0 Å². The van der Waals surface area contributed by atoms with Gasteiger partial charge < -0.3 is 10.5 Å². The summed E-state index contributed by atoms with van der Waals surface area (Å²) in [5, 5.41) is 7.18. The number of esters is 1. The van der Waals surface area contributed by atoms with Crippen molar-refractivity contribution >= 4 is 22.9 Å². The van der Waals surface area contributed by atoms with Gasteiger partial charge in [0.15, 0.2) is 5.17 Å². The zero-order chi connectivity index (χ0) is 12.1. The fourth-order valence-electron chi connectivity index (χ4n) is 1.78. The first kappa shape index (κ1) is 13.4. The van der Waals surface area contributed by atoms with E-state index in [-0.39, 0.29) is 23.2 Å². The summed E-state index contributed by atoms with van der Waals surface area (Å²) in [6, 6.07) is 0. The van der Waals surface area contributed by atoms with Gasteiger partial charge in [0.05, 0.1) is 5.92 Å². The van der Waals surface area contributed by atoms with Crippen LogP contribution in [0.2, 0.25) is 0 Å². The van der Waals surface area contributed by atoms with Crippen molar-refractivity contribution in [3.63, 3.8) is 0 Å². The van der Waals surface area contributed by atoms with Crippen LogP contribution in [0.3, 0.4) is 0 Å². The Morgan fingerprint density at radius 1 is 1.69 bits per heavy atom. The number of ether oxygens (including phenoxy) is 1. The third-order valence-corrected chi connectivity index (χ3v) is 3.53. The zero-order valence-corrected chi connectivity index (χ0v) is 10.7. The first-order valence-electron chi connectivity index (χ1n) is 5.66. The van der Waals surface area contributed by atoms with E-state index in [4.69, 9.17) is 15.9 Å². The molecule has 4 nitrogen and oxygen atoms in total. The third-order valence-electron chi connectivity index (χ3n) is 2.68. The molecule has 0 aromatic rings. The van der Waals surface area contributed by atoms with Crippen molar-refractivity contribution in [2.75, 3.05) is 5.75 Å². The van der Waals surface area contributed by atoms with Crippen molar-refractivity contribution in [2.24, 2.45) is 17.6 Å². The molecule has 0 aliphatic carbocycles. The van der Waals surface area contributed by atoms with Gasteiger partial charge in [-0.05, 0) is 18.8 Å². The SMILES string of the molecule is CC(C)CC[C@@H]1C[C@H](CSC(=N)N)OC1=O. The molecule has 1 heterocycles. The molecule has 2 atom stereocenters. The van der Waals surface area contributed by atoms with Crippen LogP contribution >= 0.6 is 11.8 Å². The lowest BCUT2D eigenvalue weighted by Crippen LogP contribution is -2.14. The molecule has 0 spiro atoms. The molecule has 5 heteroatoms. The van der Waals surface area contributed by atoms with E-state index in [1.807, 2.05) is 0 Å². The van der Waals surface area contributed by atoms with E-state index in [0.29, 0.717) is 11.7 Å². The maximum Gasteiger partial charge on any atom is 0.309 e. The summed E-state index contributed by atoms with van der Waals surface area (Å²) < 4.78 is 5.24. The van der Waals surface area contributed by atoms with Crippen LogP contribution in [-0.4, -0.2) is 23.0 Å². The number of amidine groups is 1. The maximum absolute atomic E-state index is 11.5. The highest BCUT2D eigenvalue weighted by atomic mass is 32.2. The number of hydrogen-bond donors (Lipinski definition) is 2. The van der Waals surface area contributed by atoms with Gasteiger partial charge in [-0.2, -0.15) is 0 Å². The van der Waals surface area contributed by atoms with Crippen LogP contribution < -0.4 is 5.73 Å². The monoisotopic (exact) mass is 244 g/mol. The average molecular weight is 244 g/mol. The molecular formula is C11H20N2O2S. The maximum atomic E-state index is 11.5. The summed E-state index contributed by atoms with van der Waals surface area (Å²) in [6.45, 7) is 4.31. The second-order valence-corrected chi connectivity index (χ2v) is 5.70. The van der Waals surface area contributed by atoms with Crippen molar-refractivity contribution in [1.82, 2.24) is 0 Å². The number of carbonyl (C=O) groups is 1. The second-order valence-electron chi connectivity index (χ2n) is 4.64. The van der Waals surface area contributed by atoms with Gasteiger partial charge in [0.1, 0.15) is 6.10 Å². The molecule has 3 N–H and O–H groups in total. The topological polar surface area (TPSA) is 76.2 Å². The number of nitrogens with two attached hydrogens (primary N) is 1. The second kappa shape index (κ2) is 6.13. The summed E-state index contributed by atoms with van der Waals surface area (Å²) in [6.07, 6.45) is 2.70. The molecule has 1 rings (SSSR count). The zero-order valence-electron chi connectivity index (χ0n) is 9.86. The van der Waals surface area contributed by atoms with Crippen molar-refractivity contribution in [3.05, 3.63) is 0 Å². The standard InChI is InChI=1S/C11H20N2O2S/c1-7(2)3-4-8-5-9(15-10(8)14)6-16-11(12)13/h7-9H,3-6H2,1-2H3,(H3,12,13)/t8-,9-/m1/s1. The van der Waals surface area contributed by atoms with Crippen LogP contribution in [0.5, 0.6) is 0 Å². The van der Waals surface area contributed by atoms with Gasteiger partial charge in [0.2, 0.25) is 0 Å². The highest BCUT2D eigenvalue weighted by Gasteiger charge is 2.33. The van der Waals surface area contributed by atoms with Gasteiger partial charge in [0.25, 0.3) is 0 Å². The quantitative estimate of drug-likeness (QED) is 0.440. The number of rotatable bonds is 5. The fraction of sp³-hybridized carbons (Fsp3) is 0.818. The molecule has 92 valence electrons. The van der Waals surface area contributed by atoms with Gasteiger partial charge in [-0.25, -0.2) is 0 Å². The molecule has 1 saturated heterocycles. The normalized spacial score (nSPS) is 24.8. The molecule has 0 unspecified atom stereocenters. The van der Waals surface area contributed by atoms with Crippen molar-refractivity contribution < 1.29 is 9.53 Å². The Morgan fingerprint density at radius 2 is 2.38 bits per heavy atom. The Labute approximate surface area is 101 Å². The number of cyclic esters (lactones) is 1. The van der Waals surface area contributed by atoms with E-state index in [1.165, 1.54) is 11.8 Å². The molecule has 1 aliphatic rings. The van der Waals surface area contributed by atoms with Crippen molar-refractivity contribution in [1.29, 1.82) is 5.41 Å². The lowest BCUT2D eigenvalue weighted by Gasteiger charge is -2.07. The lowest BCUT2D eigenvalue weighted by atomic mass is 9.95. The molecule has 1 aliphatic heterocycles. The Morgan fingerprint density at radius 3 is 2.94 bits per heavy atom.